The molecule has 2 amide bonds. The van der Waals surface area contributed by atoms with E-state index in [4.69, 9.17) is 9.47 Å². The molecule has 9 heteroatoms. The van der Waals surface area contributed by atoms with E-state index in [1.807, 2.05) is 77.1 Å². The van der Waals surface area contributed by atoms with Gasteiger partial charge in [-0.1, -0.05) is 36.4 Å². The fraction of sp³-hybridized carbons (Fsp3) is 0.355. The first kappa shape index (κ1) is 28.6. The van der Waals surface area contributed by atoms with Gasteiger partial charge >= 0.3 is 0 Å². The van der Waals surface area contributed by atoms with Crippen LogP contribution in [-0.4, -0.2) is 46.6 Å². The Kier molecular flexibility index (Phi) is 8.42. The summed E-state index contributed by atoms with van der Waals surface area (Å²) in [5.74, 6) is 0.358. The lowest BCUT2D eigenvalue weighted by Crippen LogP contribution is -2.51. The Balaban J connectivity index is 1.89. The van der Waals surface area contributed by atoms with Crippen LogP contribution in [0.1, 0.15) is 49.9 Å². The fourth-order valence-corrected chi connectivity index (χ4v) is 4.48. The van der Waals surface area contributed by atoms with Crippen LogP contribution in [0.15, 0.2) is 60.7 Å². The largest absolute Gasteiger partial charge is 0.493 e. The number of hydrogen-bond donors (Lipinski definition) is 1. The van der Waals surface area contributed by atoms with Crippen molar-refractivity contribution >= 4 is 28.5 Å². The molecule has 210 valence electrons. The Morgan fingerprint density at radius 3 is 2.38 bits per heavy atom. The van der Waals surface area contributed by atoms with E-state index >= 15 is 0 Å². The molecule has 0 aliphatic rings. The number of nitrogens with one attached hydrogen (secondary N) is 1. The summed E-state index contributed by atoms with van der Waals surface area (Å²) in [5.41, 5.74) is 4.19. The molecule has 0 aliphatic heterocycles. The third-order valence-electron chi connectivity index (χ3n) is 7.32. The van der Waals surface area contributed by atoms with E-state index in [1.165, 1.54) is 0 Å². The van der Waals surface area contributed by atoms with Crippen LogP contribution in [0.3, 0.4) is 0 Å². The molecule has 40 heavy (non-hydrogen) atoms. The topological polar surface area (TPSA) is 98.6 Å². The van der Waals surface area contributed by atoms with Gasteiger partial charge in [-0.05, 0) is 87.2 Å². The Bertz CT molecular complexity index is 1530. The number of anilines is 1. The highest BCUT2D eigenvalue weighted by Gasteiger charge is 2.36. The number of para-hydroxylation sites is 1. The summed E-state index contributed by atoms with van der Waals surface area (Å²) in [6.45, 7) is 9.81. The van der Waals surface area contributed by atoms with Crippen molar-refractivity contribution in [1.29, 1.82) is 0 Å². The molecule has 0 radical (unpaired) electrons. The Hall–Kier alpha value is -4.40. The number of carbonyl (C=O) groups excluding carboxylic acids is 2. The second-order valence-electron chi connectivity index (χ2n) is 10.5. The highest BCUT2D eigenvalue weighted by atomic mass is 16.5. The first-order valence-electron chi connectivity index (χ1n) is 13.3. The number of fused-ring (bicyclic) bond motifs is 1. The molecule has 1 heterocycles. The highest BCUT2D eigenvalue weighted by Crippen LogP contribution is 2.35. The zero-order valence-electron chi connectivity index (χ0n) is 24.2. The van der Waals surface area contributed by atoms with Crippen molar-refractivity contribution < 1.29 is 19.1 Å². The molecule has 0 saturated carbocycles. The van der Waals surface area contributed by atoms with Gasteiger partial charge in [-0.3, -0.25) is 14.5 Å². The predicted molar refractivity (Wildman–Crippen MR) is 156 cm³/mol. The van der Waals surface area contributed by atoms with Crippen molar-refractivity contribution in [2.75, 3.05) is 19.1 Å². The summed E-state index contributed by atoms with van der Waals surface area (Å²) < 4.78 is 12.6. The van der Waals surface area contributed by atoms with Crippen molar-refractivity contribution in [1.82, 2.24) is 20.3 Å². The number of amides is 2. The molecule has 1 atom stereocenters. The molecule has 3 aromatic carbocycles. The Morgan fingerprint density at radius 2 is 1.70 bits per heavy atom. The lowest BCUT2D eigenvalue weighted by atomic mass is 9.97. The third kappa shape index (κ3) is 5.93. The summed E-state index contributed by atoms with van der Waals surface area (Å²) >= 11 is 0. The summed E-state index contributed by atoms with van der Waals surface area (Å²) in [6.07, 6.45) is 0.708. The first-order valence-corrected chi connectivity index (χ1v) is 13.3. The van der Waals surface area contributed by atoms with Crippen LogP contribution in [0.2, 0.25) is 0 Å². The van der Waals surface area contributed by atoms with Gasteiger partial charge in [0.2, 0.25) is 11.8 Å². The molecule has 4 aromatic rings. The molecule has 0 aliphatic carbocycles. The van der Waals surface area contributed by atoms with Crippen LogP contribution in [0.5, 0.6) is 11.5 Å². The second kappa shape index (κ2) is 11.8. The number of methoxy groups -OCH3 is 2. The van der Waals surface area contributed by atoms with Gasteiger partial charge in [-0.25, -0.2) is 4.68 Å². The fourth-order valence-electron chi connectivity index (χ4n) is 4.48. The number of rotatable bonds is 10. The van der Waals surface area contributed by atoms with E-state index in [1.54, 1.807) is 42.0 Å². The maximum absolute atomic E-state index is 14.3. The maximum Gasteiger partial charge on any atom is 0.249 e. The van der Waals surface area contributed by atoms with Crippen LogP contribution >= 0.6 is 0 Å². The van der Waals surface area contributed by atoms with Crippen LogP contribution in [-0.2, 0) is 16.1 Å². The lowest BCUT2D eigenvalue weighted by molar-refractivity contribution is -0.128. The number of aromatic nitrogens is 3. The maximum atomic E-state index is 14.3. The zero-order chi connectivity index (χ0) is 29.0. The molecular weight excluding hydrogens is 506 g/mol. The summed E-state index contributed by atoms with van der Waals surface area (Å²) in [4.78, 5) is 30.0. The normalized spacial score (nSPS) is 12.2. The van der Waals surface area contributed by atoms with Gasteiger partial charge in [0.15, 0.2) is 11.5 Å². The van der Waals surface area contributed by atoms with Gasteiger partial charge in [0, 0.05) is 11.2 Å². The molecule has 1 aromatic heterocycles. The van der Waals surface area contributed by atoms with Gasteiger partial charge in [0.25, 0.3) is 0 Å². The van der Waals surface area contributed by atoms with Crippen molar-refractivity contribution in [3.63, 3.8) is 0 Å². The summed E-state index contributed by atoms with van der Waals surface area (Å²) in [7, 11) is 3.10. The van der Waals surface area contributed by atoms with Gasteiger partial charge in [-0.2, -0.15) is 0 Å². The van der Waals surface area contributed by atoms with E-state index in [0.717, 1.165) is 16.6 Å². The van der Waals surface area contributed by atoms with Crippen LogP contribution < -0.4 is 19.7 Å². The molecular formula is C31H37N5O4. The number of benzene rings is 3. The monoisotopic (exact) mass is 543 g/mol. The molecule has 1 unspecified atom stereocenters. The van der Waals surface area contributed by atoms with Crippen molar-refractivity contribution in [3.8, 4) is 11.5 Å². The van der Waals surface area contributed by atoms with Gasteiger partial charge in [-0.15, -0.1) is 5.10 Å². The van der Waals surface area contributed by atoms with E-state index < -0.39 is 11.6 Å². The minimum Gasteiger partial charge on any atom is -0.493 e. The van der Waals surface area contributed by atoms with Crippen LogP contribution in [0.4, 0.5) is 5.69 Å². The molecule has 4 rings (SSSR count). The summed E-state index contributed by atoms with van der Waals surface area (Å²) in [5, 5.41) is 11.6. The number of ether oxygens (including phenoxy) is 2. The minimum absolute atomic E-state index is 0.109. The molecule has 0 spiro atoms. The van der Waals surface area contributed by atoms with Gasteiger partial charge in [0.05, 0.1) is 19.7 Å². The number of aryl methyl sites for hydroxylation is 2. The van der Waals surface area contributed by atoms with E-state index in [-0.39, 0.29) is 18.4 Å². The number of nitrogens with zero attached hydrogens (tertiary/aromatic N) is 4. The van der Waals surface area contributed by atoms with E-state index in [0.29, 0.717) is 34.7 Å². The van der Waals surface area contributed by atoms with Crippen molar-refractivity contribution in [2.45, 2.75) is 59.2 Å². The second-order valence-corrected chi connectivity index (χ2v) is 10.5. The highest BCUT2D eigenvalue weighted by molar-refractivity contribution is 6.02. The molecule has 9 nitrogen and oxygen atoms in total. The van der Waals surface area contributed by atoms with Crippen molar-refractivity contribution in [2.24, 2.45) is 0 Å². The van der Waals surface area contributed by atoms with Crippen LogP contribution in [0.25, 0.3) is 11.0 Å². The minimum atomic E-state index is -1.00. The Labute approximate surface area is 235 Å². The summed E-state index contributed by atoms with van der Waals surface area (Å²) in [6, 6.07) is 17.5. The molecule has 0 fully saturated rings. The van der Waals surface area contributed by atoms with E-state index in [2.05, 4.69) is 15.6 Å². The smallest absolute Gasteiger partial charge is 0.249 e. The van der Waals surface area contributed by atoms with Crippen molar-refractivity contribution in [3.05, 3.63) is 77.4 Å². The predicted octanol–water partition coefficient (Wildman–Crippen LogP) is 5.14. The lowest BCUT2D eigenvalue weighted by Gasteiger charge is -2.35. The van der Waals surface area contributed by atoms with Gasteiger partial charge in [0.1, 0.15) is 18.1 Å². The Morgan fingerprint density at radius 1 is 0.975 bits per heavy atom. The van der Waals surface area contributed by atoms with E-state index in [9.17, 15) is 9.59 Å². The average Bonchev–Trinajstić information content (AvgIpc) is 3.35. The quantitative estimate of drug-likeness (QED) is 0.297. The standard InChI is InChI=1S/C31H37N5O4/c1-8-31(4,5)32-30(38)29(22-14-16-26(39-6)27(18-22)40-7)36(23-15-13-20(2)21(3)17-23)28(37)19-35-25-12-10-9-11-24(25)33-34-35/h9-18,29H,8,19H2,1-7H3,(H,32,38). The molecule has 0 saturated heterocycles. The SMILES string of the molecule is CCC(C)(C)NC(=O)C(c1ccc(OC)c(OC)c1)N(C(=O)Cn1nnc2ccccc21)c1ccc(C)c(C)c1. The average molecular weight is 544 g/mol. The first-order chi connectivity index (χ1) is 19.1. The number of carbonyl (C=O) groups is 2. The van der Waals surface area contributed by atoms with Crippen LogP contribution in [0, 0.1) is 13.8 Å². The molecule has 1 N–H and O–H groups in total. The number of hydrogen-bond acceptors (Lipinski definition) is 6. The third-order valence-corrected chi connectivity index (χ3v) is 7.32. The molecule has 0 bridgehead atoms. The zero-order valence-corrected chi connectivity index (χ0v) is 24.2. The van der Waals surface area contributed by atoms with Gasteiger partial charge < -0.3 is 14.8 Å².